The highest BCUT2D eigenvalue weighted by atomic mass is 16.3. The SMILES string of the molecule is CC1(C)CCC(Nc2ccc(C(=O)NCCO)cc2)C1. The number of aliphatic hydroxyl groups excluding tert-OH is 1. The highest BCUT2D eigenvalue weighted by Gasteiger charge is 2.30. The smallest absolute Gasteiger partial charge is 0.251 e. The van der Waals surface area contributed by atoms with Crippen molar-refractivity contribution in [2.75, 3.05) is 18.5 Å². The van der Waals surface area contributed by atoms with Crippen LogP contribution >= 0.6 is 0 Å². The van der Waals surface area contributed by atoms with Gasteiger partial charge in [-0.05, 0) is 48.9 Å². The van der Waals surface area contributed by atoms with Gasteiger partial charge >= 0.3 is 0 Å². The Balaban J connectivity index is 1.90. The summed E-state index contributed by atoms with van der Waals surface area (Å²) < 4.78 is 0. The van der Waals surface area contributed by atoms with Crippen LogP contribution in [-0.2, 0) is 0 Å². The molecule has 0 aliphatic heterocycles. The van der Waals surface area contributed by atoms with Gasteiger partial charge in [0.25, 0.3) is 5.91 Å². The van der Waals surface area contributed by atoms with Gasteiger partial charge in [-0.2, -0.15) is 0 Å². The van der Waals surface area contributed by atoms with Gasteiger partial charge in [-0.25, -0.2) is 0 Å². The highest BCUT2D eigenvalue weighted by Crippen LogP contribution is 2.38. The fourth-order valence-corrected chi connectivity index (χ4v) is 2.78. The maximum absolute atomic E-state index is 11.7. The van der Waals surface area contributed by atoms with Crippen LogP contribution in [0.3, 0.4) is 0 Å². The molecule has 0 bridgehead atoms. The molecule has 3 N–H and O–H groups in total. The molecular formula is C16H24N2O2. The molecule has 1 amide bonds. The summed E-state index contributed by atoms with van der Waals surface area (Å²) in [6.07, 6.45) is 3.64. The Morgan fingerprint density at radius 2 is 2.05 bits per heavy atom. The summed E-state index contributed by atoms with van der Waals surface area (Å²) in [5.74, 6) is -0.146. The van der Waals surface area contributed by atoms with Gasteiger partial charge in [0.1, 0.15) is 0 Å². The van der Waals surface area contributed by atoms with Crippen LogP contribution in [0, 0.1) is 5.41 Å². The van der Waals surface area contributed by atoms with E-state index in [2.05, 4.69) is 24.5 Å². The summed E-state index contributed by atoms with van der Waals surface area (Å²) in [5.41, 5.74) is 2.11. The molecule has 0 radical (unpaired) electrons. The molecule has 4 nitrogen and oxygen atoms in total. The molecule has 1 aliphatic rings. The molecule has 1 atom stereocenters. The van der Waals surface area contributed by atoms with Gasteiger partial charge in [-0.15, -0.1) is 0 Å². The number of benzene rings is 1. The predicted molar refractivity (Wildman–Crippen MR) is 80.9 cm³/mol. The molecule has 110 valence electrons. The normalized spacial score (nSPS) is 20.6. The topological polar surface area (TPSA) is 61.4 Å². The van der Waals surface area contributed by atoms with Crippen molar-refractivity contribution < 1.29 is 9.90 Å². The lowest BCUT2D eigenvalue weighted by atomic mass is 9.92. The second-order valence-electron chi connectivity index (χ2n) is 6.31. The molecule has 2 rings (SSSR count). The number of aliphatic hydroxyl groups is 1. The van der Waals surface area contributed by atoms with E-state index in [1.165, 1.54) is 19.3 Å². The van der Waals surface area contributed by atoms with E-state index in [0.717, 1.165) is 5.69 Å². The summed E-state index contributed by atoms with van der Waals surface area (Å²) in [5, 5.41) is 14.9. The summed E-state index contributed by atoms with van der Waals surface area (Å²) in [7, 11) is 0. The van der Waals surface area contributed by atoms with E-state index < -0.39 is 0 Å². The van der Waals surface area contributed by atoms with Crippen LogP contribution in [0.2, 0.25) is 0 Å². The van der Waals surface area contributed by atoms with Crippen LogP contribution in [0.4, 0.5) is 5.69 Å². The van der Waals surface area contributed by atoms with E-state index in [0.29, 0.717) is 17.0 Å². The van der Waals surface area contributed by atoms with E-state index in [1.54, 1.807) is 0 Å². The lowest BCUT2D eigenvalue weighted by Gasteiger charge is -2.18. The van der Waals surface area contributed by atoms with Crippen molar-refractivity contribution in [3.63, 3.8) is 0 Å². The molecule has 1 aromatic rings. The van der Waals surface area contributed by atoms with E-state index in [4.69, 9.17) is 5.11 Å². The first kappa shape index (κ1) is 14.9. The number of carbonyl (C=O) groups excluding carboxylic acids is 1. The van der Waals surface area contributed by atoms with Crippen LogP contribution in [0.15, 0.2) is 24.3 Å². The fraction of sp³-hybridized carbons (Fsp3) is 0.562. The molecule has 1 saturated carbocycles. The van der Waals surface area contributed by atoms with Gasteiger partial charge in [0.2, 0.25) is 0 Å². The molecule has 1 fully saturated rings. The molecule has 4 heteroatoms. The van der Waals surface area contributed by atoms with Crippen LogP contribution in [0.25, 0.3) is 0 Å². The van der Waals surface area contributed by atoms with E-state index >= 15 is 0 Å². The van der Waals surface area contributed by atoms with Crippen molar-refractivity contribution in [3.05, 3.63) is 29.8 Å². The molecule has 0 heterocycles. The standard InChI is InChI=1S/C16H24N2O2/c1-16(2)8-7-14(11-16)18-13-5-3-12(4-6-13)15(20)17-9-10-19/h3-6,14,18-19H,7-11H2,1-2H3,(H,17,20). The maximum atomic E-state index is 11.7. The number of nitrogens with one attached hydrogen (secondary N) is 2. The number of carbonyl (C=O) groups is 1. The van der Waals surface area contributed by atoms with Gasteiger partial charge in [0, 0.05) is 23.8 Å². The number of anilines is 1. The second kappa shape index (κ2) is 6.27. The van der Waals surface area contributed by atoms with E-state index in [-0.39, 0.29) is 19.1 Å². The third kappa shape index (κ3) is 3.97. The van der Waals surface area contributed by atoms with Crippen molar-refractivity contribution in [1.82, 2.24) is 5.32 Å². The zero-order chi connectivity index (χ0) is 14.6. The third-order valence-electron chi connectivity index (χ3n) is 3.88. The predicted octanol–water partition coefficient (Wildman–Crippen LogP) is 2.40. The van der Waals surface area contributed by atoms with Gasteiger partial charge in [-0.1, -0.05) is 13.8 Å². The van der Waals surface area contributed by atoms with Crippen molar-refractivity contribution in [1.29, 1.82) is 0 Å². The average molecular weight is 276 g/mol. The molecule has 0 spiro atoms. The zero-order valence-electron chi connectivity index (χ0n) is 12.3. The summed E-state index contributed by atoms with van der Waals surface area (Å²) in [6, 6.07) is 8.04. The Morgan fingerprint density at radius 3 is 2.60 bits per heavy atom. The van der Waals surface area contributed by atoms with Crippen LogP contribution < -0.4 is 10.6 Å². The lowest BCUT2D eigenvalue weighted by molar-refractivity contribution is 0.0945. The molecule has 20 heavy (non-hydrogen) atoms. The molecular weight excluding hydrogens is 252 g/mol. The van der Waals surface area contributed by atoms with Crippen LogP contribution in [-0.4, -0.2) is 30.2 Å². The monoisotopic (exact) mass is 276 g/mol. The van der Waals surface area contributed by atoms with Crippen molar-refractivity contribution >= 4 is 11.6 Å². The Morgan fingerprint density at radius 1 is 1.35 bits per heavy atom. The molecule has 0 saturated heterocycles. The number of amides is 1. The fourth-order valence-electron chi connectivity index (χ4n) is 2.78. The van der Waals surface area contributed by atoms with Crippen molar-refractivity contribution in [3.8, 4) is 0 Å². The number of rotatable bonds is 5. The summed E-state index contributed by atoms with van der Waals surface area (Å²) >= 11 is 0. The molecule has 1 aliphatic carbocycles. The van der Waals surface area contributed by atoms with Gasteiger partial charge in [0.05, 0.1) is 6.61 Å². The Kier molecular flexibility index (Phi) is 4.65. The van der Waals surface area contributed by atoms with E-state index in [1.807, 2.05) is 24.3 Å². The minimum atomic E-state index is -0.146. The molecule has 1 unspecified atom stereocenters. The Hall–Kier alpha value is -1.55. The Labute approximate surface area is 120 Å². The molecule has 1 aromatic carbocycles. The van der Waals surface area contributed by atoms with Gasteiger partial charge in [0.15, 0.2) is 0 Å². The quantitative estimate of drug-likeness (QED) is 0.774. The summed E-state index contributed by atoms with van der Waals surface area (Å²) in [6.45, 7) is 4.87. The Bertz CT molecular complexity index is 454. The largest absolute Gasteiger partial charge is 0.395 e. The lowest BCUT2D eigenvalue weighted by Crippen LogP contribution is -2.26. The molecule has 0 aromatic heterocycles. The zero-order valence-corrected chi connectivity index (χ0v) is 12.3. The maximum Gasteiger partial charge on any atom is 0.251 e. The minimum Gasteiger partial charge on any atom is -0.395 e. The first-order valence-electron chi connectivity index (χ1n) is 7.26. The van der Waals surface area contributed by atoms with E-state index in [9.17, 15) is 4.79 Å². The third-order valence-corrected chi connectivity index (χ3v) is 3.88. The first-order valence-corrected chi connectivity index (χ1v) is 7.26. The average Bonchev–Trinajstić information content (AvgIpc) is 2.76. The van der Waals surface area contributed by atoms with Gasteiger partial charge in [-0.3, -0.25) is 4.79 Å². The second-order valence-corrected chi connectivity index (χ2v) is 6.31. The van der Waals surface area contributed by atoms with Crippen molar-refractivity contribution in [2.45, 2.75) is 39.2 Å². The van der Waals surface area contributed by atoms with Crippen LogP contribution in [0.5, 0.6) is 0 Å². The summed E-state index contributed by atoms with van der Waals surface area (Å²) in [4.78, 5) is 11.7. The minimum absolute atomic E-state index is 0.0388. The van der Waals surface area contributed by atoms with Gasteiger partial charge < -0.3 is 15.7 Å². The number of hydrogen-bond donors (Lipinski definition) is 3. The van der Waals surface area contributed by atoms with Crippen LogP contribution in [0.1, 0.15) is 43.5 Å². The number of hydrogen-bond acceptors (Lipinski definition) is 3. The van der Waals surface area contributed by atoms with Crippen molar-refractivity contribution in [2.24, 2.45) is 5.41 Å². The highest BCUT2D eigenvalue weighted by molar-refractivity contribution is 5.94. The first-order chi connectivity index (χ1) is 9.50.